The fourth-order valence-electron chi connectivity index (χ4n) is 1.65. The van der Waals surface area contributed by atoms with Gasteiger partial charge in [-0.05, 0) is 25.0 Å². The number of nitrogens with zero attached hydrogens (tertiary/aromatic N) is 1. The van der Waals surface area contributed by atoms with E-state index in [0.29, 0.717) is 17.7 Å². The van der Waals surface area contributed by atoms with Crippen LogP contribution in [0.3, 0.4) is 0 Å². The first kappa shape index (κ1) is 13.2. The first-order valence-corrected chi connectivity index (χ1v) is 6.90. The third-order valence-corrected chi connectivity index (χ3v) is 4.21. The number of thioether (sulfide) groups is 1. The Kier molecular flexibility index (Phi) is 4.11. The van der Waals surface area contributed by atoms with Crippen LogP contribution < -0.4 is 10.1 Å². The van der Waals surface area contributed by atoms with E-state index in [-0.39, 0.29) is 5.82 Å². The highest BCUT2D eigenvalue weighted by atomic mass is 32.2. The largest absolute Gasteiger partial charge is 0.494 e. The van der Waals surface area contributed by atoms with Gasteiger partial charge in [-0.15, -0.1) is 0 Å². The smallest absolute Gasteiger partial charge is 0.161 e. The molecule has 98 valence electrons. The molecular formula is C13H17FN2OS. The van der Waals surface area contributed by atoms with Crippen molar-refractivity contribution in [2.75, 3.05) is 18.2 Å². The first-order chi connectivity index (χ1) is 8.60. The maximum absolute atomic E-state index is 13.1. The fourth-order valence-corrected chi connectivity index (χ4v) is 2.77. The molecule has 3 nitrogen and oxygen atoms in total. The summed E-state index contributed by atoms with van der Waals surface area (Å²) in [5.74, 6) is 1.80. The molecule has 5 heteroatoms. The fraction of sp³-hybridized carbons (Fsp3) is 0.462. The Morgan fingerprint density at radius 2 is 2.22 bits per heavy atom. The van der Waals surface area contributed by atoms with E-state index in [0.717, 1.165) is 16.6 Å². The highest BCUT2D eigenvalue weighted by molar-refractivity contribution is 8.14. The summed E-state index contributed by atoms with van der Waals surface area (Å²) in [6.07, 6.45) is 0. The minimum Gasteiger partial charge on any atom is -0.494 e. The number of methoxy groups -OCH3 is 1. The number of amidine groups is 1. The second kappa shape index (κ2) is 5.61. The summed E-state index contributed by atoms with van der Waals surface area (Å²) >= 11 is 1.68. The van der Waals surface area contributed by atoms with E-state index < -0.39 is 0 Å². The van der Waals surface area contributed by atoms with Gasteiger partial charge in [-0.3, -0.25) is 4.99 Å². The number of hydrogen-bond donors (Lipinski definition) is 1. The van der Waals surface area contributed by atoms with Gasteiger partial charge in [-0.25, -0.2) is 4.39 Å². The number of aliphatic imine (C=N–C) groups is 1. The molecule has 0 aromatic heterocycles. The standard InChI is InChI=1S/C13H17FN2OS/c1-8-7-18-13(15-9(8)2)16-11-5-4-10(14)6-12(11)17-3/h4-6,8-9H,7H2,1-3H3,(H,15,16). The minimum atomic E-state index is -0.308. The number of halogens is 1. The molecule has 0 saturated heterocycles. The molecule has 2 unspecified atom stereocenters. The van der Waals surface area contributed by atoms with Crippen molar-refractivity contribution >= 4 is 22.6 Å². The van der Waals surface area contributed by atoms with Crippen molar-refractivity contribution < 1.29 is 9.13 Å². The second-order valence-electron chi connectivity index (χ2n) is 4.43. The molecule has 0 saturated carbocycles. The number of hydrogen-bond acceptors (Lipinski definition) is 4. The van der Waals surface area contributed by atoms with Gasteiger partial charge in [-0.2, -0.15) is 0 Å². The topological polar surface area (TPSA) is 33.6 Å². The van der Waals surface area contributed by atoms with Crippen molar-refractivity contribution in [2.45, 2.75) is 19.9 Å². The summed E-state index contributed by atoms with van der Waals surface area (Å²) in [5, 5.41) is 4.07. The molecule has 0 amide bonds. The van der Waals surface area contributed by atoms with Gasteiger partial charge in [0.2, 0.25) is 0 Å². The molecule has 1 aromatic carbocycles. The Morgan fingerprint density at radius 3 is 2.89 bits per heavy atom. The lowest BCUT2D eigenvalue weighted by Gasteiger charge is -2.24. The van der Waals surface area contributed by atoms with Gasteiger partial charge in [0.05, 0.1) is 18.8 Å². The van der Waals surface area contributed by atoms with Crippen LogP contribution in [0.1, 0.15) is 13.8 Å². The van der Waals surface area contributed by atoms with E-state index in [2.05, 4.69) is 24.2 Å². The van der Waals surface area contributed by atoms with Gasteiger partial charge < -0.3 is 10.1 Å². The second-order valence-corrected chi connectivity index (χ2v) is 5.44. The Bertz CT molecular complexity index is 464. The van der Waals surface area contributed by atoms with Crippen LogP contribution in [0.15, 0.2) is 23.2 Å². The number of ether oxygens (including phenoxy) is 1. The maximum Gasteiger partial charge on any atom is 0.161 e. The zero-order chi connectivity index (χ0) is 13.1. The van der Waals surface area contributed by atoms with Crippen molar-refractivity contribution in [1.82, 2.24) is 0 Å². The molecule has 1 aromatic rings. The summed E-state index contributed by atoms with van der Waals surface area (Å²) < 4.78 is 18.2. The molecule has 18 heavy (non-hydrogen) atoms. The van der Waals surface area contributed by atoms with Crippen LogP contribution in [0.5, 0.6) is 5.75 Å². The third-order valence-electron chi connectivity index (χ3n) is 3.03. The van der Waals surface area contributed by atoms with E-state index >= 15 is 0 Å². The van der Waals surface area contributed by atoms with Crippen LogP contribution >= 0.6 is 11.8 Å². The van der Waals surface area contributed by atoms with Crippen molar-refractivity contribution in [3.8, 4) is 5.75 Å². The van der Waals surface area contributed by atoms with Crippen molar-refractivity contribution in [3.63, 3.8) is 0 Å². The summed E-state index contributed by atoms with van der Waals surface area (Å²) in [4.78, 5) is 4.58. The molecule has 0 aliphatic carbocycles. The Labute approximate surface area is 111 Å². The van der Waals surface area contributed by atoms with E-state index in [1.54, 1.807) is 17.8 Å². The van der Waals surface area contributed by atoms with Crippen LogP contribution in [-0.4, -0.2) is 24.1 Å². The minimum absolute atomic E-state index is 0.306. The number of anilines is 1. The Balaban J connectivity index is 2.17. The lowest BCUT2D eigenvalue weighted by molar-refractivity contribution is 0.413. The van der Waals surface area contributed by atoms with E-state index in [1.807, 2.05) is 0 Å². The van der Waals surface area contributed by atoms with E-state index in [4.69, 9.17) is 4.74 Å². The van der Waals surface area contributed by atoms with E-state index in [9.17, 15) is 4.39 Å². The van der Waals surface area contributed by atoms with Crippen LogP contribution in [0.2, 0.25) is 0 Å². The van der Waals surface area contributed by atoms with Crippen LogP contribution in [0.4, 0.5) is 10.1 Å². The molecule has 1 aliphatic rings. The van der Waals surface area contributed by atoms with Crippen molar-refractivity contribution in [3.05, 3.63) is 24.0 Å². The Hall–Kier alpha value is -1.23. The molecule has 2 atom stereocenters. The Morgan fingerprint density at radius 1 is 1.44 bits per heavy atom. The number of benzene rings is 1. The molecule has 0 spiro atoms. The maximum atomic E-state index is 13.1. The first-order valence-electron chi connectivity index (χ1n) is 5.91. The van der Waals surface area contributed by atoms with E-state index in [1.165, 1.54) is 19.2 Å². The van der Waals surface area contributed by atoms with Gasteiger partial charge in [0.15, 0.2) is 5.17 Å². The van der Waals surface area contributed by atoms with Crippen LogP contribution in [-0.2, 0) is 0 Å². The highest BCUT2D eigenvalue weighted by Crippen LogP contribution is 2.29. The lowest BCUT2D eigenvalue weighted by Crippen LogP contribution is -2.25. The number of rotatable bonds is 2. The lowest BCUT2D eigenvalue weighted by atomic mass is 10.1. The predicted molar refractivity (Wildman–Crippen MR) is 75.1 cm³/mol. The molecule has 1 N–H and O–H groups in total. The van der Waals surface area contributed by atoms with Crippen LogP contribution in [0, 0.1) is 11.7 Å². The monoisotopic (exact) mass is 268 g/mol. The highest BCUT2D eigenvalue weighted by Gasteiger charge is 2.19. The average Bonchev–Trinajstić information content (AvgIpc) is 2.36. The van der Waals surface area contributed by atoms with Crippen LogP contribution in [0.25, 0.3) is 0 Å². The summed E-state index contributed by atoms with van der Waals surface area (Å²) in [5.41, 5.74) is 0.743. The third kappa shape index (κ3) is 2.96. The molecule has 1 aliphatic heterocycles. The summed E-state index contributed by atoms with van der Waals surface area (Å²) in [6, 6.07) is 4.74. The number of nitrogens with one attached hydrogen (secondary N) is 1. The zero-order valence-electron chi connectivity index (χ0n) is 10.7. The molecule has 0 radical (unpaired) electrons. The van der Waals surface area contributed by atoms with Crippen molar-refractivity contribution in [1.29, 1.82) is 0 Å². The SMILES string of the molecule is COc1cc(F)ccc1NC1=NC(C)C(C)CS1. The van der Waals surface area contributed by atoms with Crippen molar-refractivity contribution in [2.24, 2.45) is 10.9 Å². The molecule has 0 fully saturated rings. The summed E-state index contributed by atoms with van der Waals surface area (Å²) in [6.45, 7) is 4.30. The van der Waals surface area contributed by atoms with Gasteiger partial charge in [-0.1, -0.05) is 18.7 Å². The molecule has 2 rings (SSSR count). The molecule has 0 bridgehead atoms. The predicted octanol–water partition coefficient (Wildman–Crippen LogP) is 3.37. The zero-order valence-corrected chi connectivity index (χ0v) is 11.6. The van der Waals surface area contributed by atoms with Gasteiger partial charge >= 0.3 is 0 Å². The van der Waals surface area contributed by atoms with Gasteiger partial charge in [0, 0.05) is 11.8 Å². The van der Waals surface area contributed by atoms with Gasteiger partial charge in [0.1, 0.15) is 11.6 Å². The van der Waals surface area contributed by atoms with Gasteiger partial charge in [0.25, 0.3) is 0 Å². The quantitative estimate of drug-likeness (QED) is 0.892. The molecule has 1 heterocycles. The normalized spacial score (nSPS) is 23.4. The average molecular weight is 268 g/mol. The summed E-state index contributed by atoms with van der Waals surface area (Å²) in [7, 11) is 1.53. The molecular weight excluding hydrogens is 251 g/mol.